The third-order valence-corrected chi connectivity index (χ3v) is 5.86. The molecule has 0 fully saturated rings. The fourth-order valence-corrected chi connectivity index (χ4v) is 4.48. The Morgan fingerprint density at radius 3 is 2.94 bits per heavy atom. The fraction of sp³-hybridized carbons (Fsp3) is 0.429. The largest absolute Gasteiger partial charge is 0.137 e. The van der Waals surface area contributed by atoms with Crippen LogP contribution in [0.4, 0.5) is 0 Å². The van der Waals surface area contributed by atoms with E-state index in [1.54, 1.807) is 15.9 Å². The lowest BCUT2D eigenvalue weighted by Gasteiger charge is -2.17. The second-order valence-corrected chi connectivity index (χ2v) is 6.90. The standard InChI is InChI=1S/C14H22BP2/c1-4-5-6-7-8-14-13(9-10-15-3)16-11-12(2)17-14/h4-5,9-11,16-17H,6-8H2,1-3H3/b5-4-,10-9+. The van der Waals surface area contributed by atoms with E-state index in [2.05, 4.69) is 58.0 Å². The van der Waals surface area contributed by atoms with Gasteiger partial charge < -0.3 is 0 Å². The molecule has 0 bridgehead atoms. The van der Waals surface area contributed by atoms with Crippen LogP contribution in [0.15, 0.2) is 46.0 Å². The van der Waals surface area contributed by atoms with E-state index in [9.17, 15) is 0 Å². The minimum atomic E-state index is 0.875. The molecule has 1 aliphatic rings. The topological polar surface area (TPSA) is 0 Å². The normalized spacial score (nSPS) is 19.8. The number of unbranched alkanes of at least 4 members (excludes halogenated alkanes) is 1. The molecular weight excluding hydrogens is 241 g/mol. The number of allylic oxidation sites excluding steroid dienone is 6. The predicted octanol–water partition coefficient (Wildman–Crippen LogP) is 5.44. The van der Waals surface area contributed by atoms with E-state index >= 15 is 0 Å². The molecule has 0 nitrogen and oxygen atoms in total. The molecule has 0 N–H and O–H groups in total. The maximum absolute atomic E-state index is 2.41. The van der Waals surface area contributed by atoms with Crippen molar-refractivity contribution in [3.05, 3.63) is 46.0 Å². The number of hydrogen-bond acceptors (Lipinski definition) is 0. The maximum atomic E-state index is 2.41. The smallest absolute Gasteiger partial charge is 0.122 e. The Morgan fingerprint density at radius 2 is 2.24 bits per heavy atom. The molecule has 1 radical (unpaired) electrons. The first-order chi connectivity index (χ1) is 8.27. The van der Waals surface area contributed by atoms with Gasteiger partial charge in [0.2, 0.25) is 0 Å². The highest BCUT2D eigenvalue weighted by atomic mass is 31.1. The molecule has 2 atom stereocenters. The average Bonchev–Trinajstić information content (AvgIpc) is 2.33. The third kappa shape index (κ3) is 5.85. The molecule has 0 amide bonds. The molecule has 0 aromatic heterocycles. The molecule has 3 heteroatoms. The molecule has 0 spiro atoms. The van der Waals surface area contributed by atoms with Crippen molar-refractivity contribution in [3.63, 3.8) is 0 Å². The minimum Gasteiger partial charge on any atom is -0.122 e. The fourth-order valence-electron chi connectivity index (χ4n) is 1.72. The summed E-state index contributed by atoms with van der Waals surface area (Å²) in [7, 11) is 3.92. The molecule has 0 aromatic carbocycles. The van der Waals surface area contributed by atoms with E-state index in [1.807, 2.05) is 0 Å². The van der Waals surface area contributed by atoms with Crippen LogP contribution in [0.3, 0.4) is 0 Å². The Hall–Kier alpha value is -0.115. The average molecular weight is 263 g/mol. The van der Waals surface area contributed by atoms with Crippen LogP contribution in [0.5, 0.6) is 0 Å². The zero-order valence-electron chi connectivity index (χ0n) is 11.1. The second kappa shape index (κ2) is 8.90. The van der Waals surface area contributed by atoms with E-state index in [4.69, 9.17) is 0 Å². The first-order valence-electron chi connectivity index (χ1n) is 6.28. The lowest BCUT2D eigenvalue weighted by atomic mass is 9.82. The molecule has 0 aromatic rings. The maximum Gasteiger partial charge on any atom is 0.137 e. The molecule has 2 unspecified atom stereocenters. The molecule has 0 saturated heterocycles. The third-order valence-electron chi connectivity index (χ3n) is 2.61. The van der Waals surface area contributed by atoms with Crippen molar-refractivity contribution < 1.29 is 0 Å². The molecule has 1 rings (SSSR count). The van der Waals surface area contributed by atoms with E-state index in [0.29, 0.717) is 0 Å². The van der Waals surface area contributed by atoms with Crippen molar-refractivity contribution in [2.24, 2.45) is 0 Å². The van der Waals surface area contributed by atoms with E-state index < -0.39 is 0 Å². The van der Waals surface area contributed by atoms with Gasteiger partial charge in [-0.2, -0.15) is 0 Å². The highest BCUT2D eigenvalue weighted by molar-refractivity contribution is 7.56. The second-order valence-electron chi connectivity index (χ2n) is 4.14. The van der Waals surface area contributed by atoms with Crippen LogP contribution in [-0.2, 0) is 0 Å². The van der Waals surface area contributed by atoms with E-state index in [-0.39, 0.29) is 0 Å². The van der Waals surface area contributed by atoms with Gasteiger partial charge in [0, 0.05) is 0 Å². The van der Waals surface area contributed by atoms with Gasteiger partial charge >= 0.3 is 0 Å². The van der Waals surface area contributed by atoms with Gasteiger partial charge in [0.1, 0.15) is 7.28 Å². The molecule has 0 saturated carbocycles. The lowest BCUT2D eigenvalue weighted by Crippen LogP contribution is -1.86. The first kappa shape index (κ1) is 14.9. The Balaban J connectivity index is 2.59. The molecule has 17 heavy (non-hydrogen) atoms. The van der Waals surface area contributed by atoms with Gasteiger partial charge in [-0.15, -0.1) is 5.98 Å². The van der Waals surface area contributed by atoms with Crippen LogP contribution in [0.1, 0.15) is 33.1 Å². The van der Waals surface area contributed by atoms with Crippen molar-refractivity contribution in [1.29, 1.82) is 0 Å². The Bertz CT molecular complexity index is 351. The van der Waals surface area contributed by atoms with Gasteiger partial charge in [-0.05, 0) is 49.1 Å². The molecular formula is C14H22BP2. The van der Waals surface area contributed by atoms with Gasteiger partial charge in [-0.1, -0.05) is 48.0 Å². The summed E-state index contributed by atoms with van der Waals surface area (Å²) in [5.41, 5.74) is 0. The monoisotopic (exact) mass is 263 g/mol. The number of hydrogen-bond donors (Lipinski definition) is 0. The van der Waals surface area contributed by atoms with Gasteiger partial charge in [0.05, 0.1) is 0 Å². The zero-order chi connectivity index (χ0) is 12.5. The van der Waals surface area contributed by atoms with E-state index in [0.717, 1.165) is 17.2 Å². The minimum absolute atomic E-state index is 0.875. The Labute approximate surface area is 111 Å². The van der Waals surface area contributed by atoms with Crippen LogP contribution in [0, 0.1) is 0 Å². The SMILES string of the molecule is C[B]/C=C/C1=C(CCC/C=C\C)PC(C)=CP1. The molecule has 0 aliphatic carbocycles. The highest BCUT2D eigenvalue weighted by Gasteiger charge is 2.09. The van der Waals surface area contributed by atoms with Crippen LogP contribution in [0.25, 0.3) is 0 Å². The molecule has 1 heterocycles. The summed E-state index contributed by atoms with van der Waals surface area (Å²) in [6.07, 6.45) is 10.5. The summed E-state index contributed by atoms with van der Waals surface area (Å²) in [4.78, 5) is 0. The quantitative estimate of drug-likeness (QED) is 0.259. The van der Waals surface area contributed by atoms with Crippen LogP contribution in [-0.4, -0.2) is 7.28 Å². The van der Waals surface area contributed by atoms with Crippen molar-refractivity contribution in [2.45, 2.75) is 39.9 Å². The summed E-state index contributed by atoms with van der Waals surface area (Å²) in [6.45, 7) is 6.45. The molecule has 1 aliphatic heterocycles. The van der Waals surface area contributed by atoms with Gasteiger partial charge in [-0.25, -0.2) is 0 Å². The van der Waals surface area contributed by atoms with Gasteiger partial charge in [-0.3, -0.25) is 0 Å². The van der Waals surface area contributed by atoms with Crippen molar-refractivity contribution in [1.82, 2.24) is 0 Å². The van der Waals surface area contributed by atoms with Gasteiger partial charge in [0.15, 0.2) is 0 Å². The summed E-state index contributed by atoms with van der Waals surface area (Å²) in [5, 5.41) is 4.83. The zero-order valence-corrected chi connectivity index (χ0v) is 13.1. The summed E-state index contributed by atoms with van der Waals surface area (Å²) >= 11 is 0. The van der Waals surface area contributed by atoms with Crippen LogP contribution < -0.4 is 0 Å². The van der Waals surface area contributed by atoms with E-state index in [1.165, 1.54) is 19.3 Å². The Kier molecular flexibility index (Phi) is 7.82. The van der Waals surface area contributed by atoms with Crippen molar-refractivity contribution >= 4 is 24.4 Å². The van der Waals surface area contributed by atoms with Crippen molar-refractivity contribution in [2.75, 3.05) is 0 Å². The summed E-state index contributed by atoms with van der Waals surface area (Å²) in [5.74, 6) is 4.58. The van der Waals surface area contributed by atoms with Crippen molar-refractivity contribution in [3.8, 4) is 0 Å². The highest BCUT2D eigenvalue weighted by Crippen LogP contribution is 2.49. The summed E-state index contributed by atoms with van der Waals surface area (Å²) in [6, 6.07) is 0. The number of rotatable bonds is 6. The summed E-state index contributed by atoms with van der Waals surface area (Å²) < 4.78 is 0. The van der Waals surface area contributed by atoms with Crippen LogP contribution in [0.2, 0.25) is 6.82 Å². The van der Waals surface area contributed by atoms with Crippen LogP contribution >= 0.6 is 17.2 Å². The van der Waals surface area contributed by atoms with Gasteiger partial charge in [0.25, 0.3) is 0 Å². The Morgan fingerprint density at radius 1 is 1.41 bits per heavy atom. The predicted molar refractivity (Wildman–Crippen MR) is 86.8 cm³/mol. The lowest BCUT2D eigenvalue weighted by molar-refractivity contribution is 0.857. The first-order valence-corrected chi connectivity index (χ1v) is 8.36. The molecule has 91 valence electrons.